The lowest BCUT2D eigenvalue weighted by Crippen LogP contribution is -2.39. The van der Waals surface area contributed by atoms with E-state index in [0.717, 1.165) is 25.1 Å². The van der Waals surface area contributed by atoms with Crippen LogP contribution in [0.4, 0.5) is 0 Å². The fraction of sp³-hybridized carbons (Fsp3) is 0.500. The zero-order valence-corrected chi connectivity index (χ0v) is 9.52. The van der Waals surface area contributed by atoms with Crippen molar-refractivity contribution in [2.24, 2.45) is 0 Å². The maximum absolute atomic E-state index is 12.0. The van der Waals surface area contributed by atoms with E-state index in [1.54, 1.807) is 12.4 Å². The third-order valence-corrected chi connectivity index (χ3v) is 3.08. The normalized spacial score (nSPS) is 19.7. The molecule has 1 atom stereocenters. The van der Waals surface area contributed by atoms with Crippen LogP contribution in [-0.2, 0) is 11.2 Å². The molecule has 1 N–H and O–H groups in total. The standard InChI is InChI=1S/C12H17N3O/c1-15(11-4-7-14-9-11)12(16)8-10-2-5-13-6-3-10/h2-3,5-6,11,14H,4,7-9H2,1H3. The Kier molecular flexibility index (Phi) is 3.51. The third kappa shape index (κ3) is 2.58. The molecule has 1 amide bonds. The summed E-state index contributed by atoms with van der Waals surface area (Å²) in [5.74, 6) is 0.180. The van der Waals surface area contributed by atoms with Crippen LogP contribution >= 0.6 is 0 Å². The minimum absolute atomic E-state index is 0.180. The van der Waals surface area contributed by atoms with Crippen LogP contribution in [0, 0.1) is 0 Å². The number of likely N-dealkylation sites (N-methyl/N-ethyl adjacent to an activating group) is 1. The fourth-order valence-corrected chi connectivity index (χ4v) is 1.97. The van der Waals surface area contributed by atoms with Crippen LogP contribution in [0.1, 0.15) is 12.0 Å². The number of hydrogen-bond donors (Lipinski definition) is 1. The summed E-state index contributed by atoms with van der Waals surface area (Å²) in [4.78, 5) is 17.8. The highest BCUT2D eigenvalue weighted by molar-refractivity contribution is 5.78. The van der Waals surface area contributed by atoms with Gasteiger partial charge < -0.3 is 10.2 Å². The summed E-state index contributed by atoms with van der Waals surface area (Å²) in [6.45, 7) is 1.93. The first-order chi connectivity index (χ1) is 7.77. The van der Waals surface area contributed by atoms with Crippen LogP contribution in [0.25, 0.3) is 0 Å². The number of pyridine rings is 1. The van der Waals surface area contributed by atoms with Crippen LogP contribution in [0.5, 0.6) is 0 Å². The first-order valence-corrected chi connectivity index (χ1v) is 5.62. The molecule has 2 rings (SSSR count). The largest absolute Gasteiger partial charge is 0.341 e. The quantitative estimate of drug-likeness (QED) is 0.802. The molecule has 0 aliphatic carbocycles. The lowest BCUT2D eigenvalue weighted by molar-refractivity contribution is -0.130. The van der Waals surface area contributed by atoms with E-state index in [1.807, 2.05) is 24.1 Å². The minimum Gasteiger partial charge on any atom is -0.341 e. The zero-order valence-electron chi connectivity index (χ0n) is 9.52. The maximum Gasteiger partial charge on any atom is 0.227 e. The molecule has 1 aromatic heterocycles. The van der Waals surface area contributed by atoms with E-state index >= 15 is 0 Å². The van der Waals surface area contributed by atoms with Crippen molar-refractivity contribution >= 4 is 5.91 Å². The van der Waals surface area contributed by atoms with Gasteiger partial charge in [0.05, 0.1) is 6.42 Å². The first-order valence-electron chi connectivity index (χ1n) is 5.62. The van der Waals surface area contributed by atoms with Gasteiger partial charge in [0, 0.05) is 32.0 Å². The Morgan fingerprint density at radius 3 is 2.94 bits per heavy atom. The third-order valence-electron chi connectivity index (χ3n) is 3.08. The van der Waals surface area contributed by atoms with Gasteiger partial charge in [0.15, 0.2) is 0 Å². The van der Waals surface area contributed by atoms with Gasteiger partial charge in [-0.1, -0.05) is 0 Å². The number of amides is 1. The van der Waals surface area contributed by atoms with E-state index in [2.05, 4.69) is 10.3 Å². The number of rotatable bonds is 3. The van der Waals surface area contributed by atoms with Crippen molar-refractivity contribution in [3.05, 3.63) is 30.1 Å². The predicted octanol–water partition coefficient (Wildman–Crippen LogP) is 0.444. The maximum atomic E-state index is 12.0. The van der Waals surface area contributed by atoms with Crippen LogP contribution in [0.3, 0.4) is 0 Å². The Labute approximate surface area is 95.7 Å². The van der Waals surface area contributed by atoms with Gasteiger partial charge >= 0.3 is 0 Å². The molecule has 0 radical (unpaired) electrons. The van der Waals surface area contributed by atoms with Gasteiger partial charge in [0.25, 0.3) is 0 Å². The molecule has 0 spiro atoms. The van der Waals surface area contributed by atoms with E-state index in [1.165, 1.54) is 0 Å². The molecule has 0 saturated carbocycles. The van der Waals surface area contributed by atoms with Crippen molar-refractivity contribution < 1.29 is 4.79 Å². The van der Waals surface area contributed by atoms with E-state index in [9.17, 15) is 4.79 Å². The molecule has 2 heterocycles. The highest BCUT2D eigenvalue weighted by atomic mass is 16.2. The van der Waals surface area contributed by atoms with E-state index in [0.29, 0.717) is 12.5 Å². The molecule has 1 fully saturated rings. The number of nitrogens with zero attached hydrogens (tertiary/aromatic N) is 2. The summed E-state index contributed by atoms with van der Waals surface area (Å²) in [5.41, 5.74) is 1.03. The molecule has 1 aliphatic rings. The Morgan fingerprint density at radius 1 is 1.56 bits per heavy atom. The SMILES string of the molecule is CN(C(=O)Cc1ccncc1)C1CCNC1. The number of hydrogen-bond acceptors (Lipinski definition) is 3. The second-order valence-corrected chi connectivity index (χ2v) is 4.18. The molecular formula is C12H17N3O. The van der Waals surface area contributed by atoms with Crippen LogP contribution in [0.15, 0.2) is 24.5 Å². The van der Waals surface area contributed by atoms with Gasteiger partial charge in [0.2, 0.25) is 5.91 Å². The molecule has 86 valence electrons. The van der Waals surface area contributed by atoms with E-state index in [4.69, 9.17) is 0 Å². The molecule has 4 nitrogen and oxygen atoms in total. The number of aromatic nitrogens is 1. The van der Waals surface area contributed by atoms with Crippen molar-refractivity contribution in [1.29, 1.82) is 0 Å². The smallest absolute Gasteiger partial charge is 0.227 e. The fourth-order valence-electron chi connectivity index (χ4n) is 1.97. The lowest BCUT2D eigenvalue weighted by atomic mass is 10.1. The molecule has 4 heteroatoms. The Morgan fingerprint density at radius 2 is 2.31 bits per heavy atom. The summed E-state index contributed by atoms with van der Waals surface area (Å²) in [7, 11) is 1.89. The van der Waals surface area contributed by atoms with Crippen molar-refractivity contribution in [1.82, 2.24) is 15.2 Å². The molecule has 0 aromatic carbocycles. The van der Waals surface area contributed by atoms with Crippen LogP contribution in [0.2, 0.25) is 0 Å². The zero-order chi connectivity index (χ0) is 11.4. The second kappa shape index (κ2) is 5.07. The van der Waals surface area contributed by atoms with Crippen molar-refractivity contribution in [2.45, 2.75) is 18.9 Å². The molecule has 1 aromatic rings. The minimum atomic E-state index is 0.180. The number of carbonyl (C=O) groups excluding carboxylic acids is 1. The number of nitrogens with one attached hydrogen (secondary N) is 1. The molecule has 0 bridgehead atoms. The van der Waals surface area contributed by atoms with E-state index < -0.39 is 0 Å². The van der Waals surface area contributed by atoms with Gasteiger partial charge in [0.1, 0.15) is 0 Å². The summed E-state index contributed by atoms with van der Waals surface area (Å²) >= 11 is 0. The van der Waals surface area contributed by atoms with Gasteiger partial charge in [-0.15, -0.1) is 0 Å². The van der Waals surface area contributed by atoms with Crippen molar-refractivity contribution in [2.75, 3.05) is 20.1 Å². The summed E-state index contributed by atoms with van der Waals surface area (Å²) in [6, 6.07) is 4.13. The highest BCUT2D eigenvalue weighted by Crippen LogP contribution is 2.08. The summed E-state index contributed by atoms with van der Waals surface area (Å²) in [5, 5.41) is 3.27. The predicted molar refractivity (Wildman–Crippen MR) is 62.0 cm³/mol. The molecule has 1 saturated heterocycles. The van der Waals surface area contributed by atoms with E-state index in [-0.39, 0.29) is 5.91 Å². The van der Waals surface area contributed by atoms with Crippen molar-refractivity contribution in [3.8, 4) is 0 Å². The topological polar surface area (TPSA) is 45.2 Å². The second-order valence-electron chi connectivity index (χ2n) is 4.18. The first kappa shape index (κ1) is 11.1. The van der Waals surface area contributed by atoms with Crippen LogP contribution < -0.4 is 5.32 Å². The summed E-state index contributed by atoms with van der Waals surface area (Å²) < 4.78 is 0. The van der Waals surface area contributed by atoms with Gasteiger partial charge in [-0.2, -0.15) is 0 Å². The Balaban J connectivity index is 1.92. The lowest BCUT2D eigenvalue weighted by Gasteiger charge is -2.23. The Hall–Kier alpha value is -1.42. The summed E-state index contributed by atoms with van der Waals surface area (Å²) in [6.07, 6.45) is 4.97. The van der Waals surface area contributed by atoms with Gasteiger partial charge in [-0.05, 0) is 30.7 Å². The molecule has 16 heavy (non-hydrogen) atoms. The van der Waals surface area contributed by atoms with Crippen LogP contribution in [-0.4, -0.2) is 42.0 Å². The van der Waals surface area contributed by atoms with Crippen molar-refractivity contribution in [3.63, 3.8) is 0 Å². The van der Waals surface area contributed by atoms with Gasteiger partial charge in [-0.3, -0.25) is 9.78 Å². The average Bonchev–Trinajstić information content (AvgIpc) is 2.83. The monoisotopic (exact) mass is 219 g/mol. The average molecular weight is 219 g/mol. The number of carbonyl (C=O) groups is 1. The molecule has 1 aliphatic heterocycles. The van der Waals surface area contributed by atoms with Gasteiger partial charge in [-0.25, -0.2) is 0 Å². The Bertz CT molecular complexity index is 347. The highest BCUT2D eigenvalue weighted by Gasteiger charge is 2.22. The molecular weight excluding hydrogens is 202 g/mol. The molecule has 1 unspecified atom stereocenters.